The summed E-state index contributed by atoms with van der Waals surface area (Å²) in [5.74, 6) is -1.20. The number of aromatic nitrogens is 1. The second kappa shape index (κ2) is 12.4. The molecule has 0 aliphatic heterocycles. The van der Waals surface area contributed by atoms with Crippen molar-refractivity contribution in [3.63, 3.8) is 0 Å². The Labute approximate surface area is 216 Å². The lowest BCUT2D eigenvalue weighted by molar-refractivity contribution is -0.126. The van der Waals surface area contributed by atoms with Gasteiger partial charge in [0, 0.05) is 37.3 Å². The number of nitrogens with zero attached hydrogens (tertiary/aromatic N) is 1. The molecule has 6 nitrogen and oxygen atoms in total. The maximum atomic E-state index is 13.9. The zero-order valence-electron chi connectivity index (χ0n) is 20.4. The van der Waals surface area contributed by atoms with Crippen molar-refractivity contribution >= 4 is 15.9 Å². The van der Waals surface area contributed by atoms with Crippen molar-refractivity contribution in [1.82, 2.24) is 15.0 Å². The van der Waals surface area contributed by atoms with E-state index in [0.717, 1.165) is 17.2 Å². The molecule has 37 heavy (non-hydrogen) atoms. The highest BCUT2D eigenvalue weighted by Crippen LogP contribution is 2.29. The van der Waals surface area contributed by atoms with Gasteiger partial charge in [-0.3, -0.25) is 9.78 Å². The van der Waals surface area contributed by atoms with Crippen molar-refractivity contribution < 1.29 is 22.0 Å². The summed E-state index contributed by atoms with van der Waals surface area (Å²) in [6.07, 6.45) is 6.88. The summed E-state index contributed by atoms with van der Waals surface area (Å²) in [5, 5.41) is 3.08. The van der Waals surface area contributed by atoms with Gasteiger partial charge in [0.1, 0.15) is 16.5 Å². The number of benzene rings is 2. The van der Waals surface area contributed by atoms with Gasteiger partial charge in [0.15, 0.2) is 0 Å². The molecule has 1 aliphatic carbocycles. The summed E-state index contributed by atoms with van der Waals surface area (Å²) >= 11 is 0. The number of halogens is 2. The van der Waals surface area contributed by atoms with Gasteiger partial charge in [0.05, 0.1) is 0 Å². The van der Waals surface area contributed by atoms with Crippen molar-refractivity contribution in [3.8, 4) is 0 Å². The molecule has 196 valence electrons. The van der Waals surface area contributed by atoms with E-state index >= 15 is 0 Å². The number of carbonyl (C=O) groups is 1. The predicted octanol–water partition coefficient (Wildman–Crippen LogP) is 4.59. The second-order valence-electron chi connectivity index (χ2n) is 9.56. The van der Waals surface area contributed by atoms with Crippen LogP contribution >= 0.6 is 0 Å². The fraction of sp³-hybridized carbons (Fsp3) is 0.357. The molecule has 1 amide bonds. The number of sulfonamides is 1. The number of nitrogens with one attached hydrogen (secondary N) is 2. The summed E-state index contributed by atoms with van der Waals surface area (Å²) in [7, 11) is -3.93. The van der Waals surface area contributed by atoms with Crippen molar-refractivity contribution in [2.24, 2.45) is 11.8 Å². The third-order valence-electron chi connectivity index (χ3n) is 6.97. The van der Waals surface area contributed by atoms with E-state index in [1.807, 2.05) is 12.1 Å². The molecule has 1 heterocycles. The van der Waals surface area contributed by atoms with Crippen LogP contribution in [-0.4, -0.2) is 32.4 Å². The topological polar surface area (TPSA) is 88.2 Å². The Kier molecular flexibility index (Phi) is 9.00. The Morgan fingerprint density at radius 1 is 0.973 bits per heavy atom. The van der Waals surface area contributed by atoms with Crippen LogP contribution in [0.1, 0.15) is 42.7 Å². The van der Waals surface area contributed by atoms with E-state index in [9.17, 15) is 22.0 Å². The maximum Gasteiger partial charge on any atom is 0.243 e. The third kappa shape index (κ3) is 7.42. The number of hydrogen-bond donors (Lipinski definition) is 2. The summed E-state index contributed by atoms with van der Waals surface area (Å²) in [6, 6.07) is 15.5. The molecule has 1 aliphatic rings. The first kappa shape index (κ1) is 26.9. The van der Waals surface area contributed by atoms with Crippen molar-refractivity contribution in [1.29, 1.82) is 0 Å². The van der Waals surface area contributed by atoms with Crippen molar-refractivity contribution in [2.75, 3.05) is 13.1 Å². The fourth-order valence-electron chi connectivity index (χ4n) is 4.81. The zero-order chi connectivity index (χ0) is 26.3. The Morgan fingerprint density at radius 2 is 1.70 bits per heavy atom. The van der Waals surface area contributed by atoms with Crippen LogP contribution in [0.2, 0.25) is 0 Å². The molecule has 1 fully saturated rings. The van der Waals surface area contributed by atoms with Gasteiger partial charge in [-0.05, 0) is 79.5 Å². The van der Waals surface area contributed by atoms with Gasteiger partial charge in [-0.1, -0.05) is 30.3 Å². The lowest BCUT2D eigenvalue weighted by Crippen LogP contribution is -2.38. The van der Waals surface area contributed by atoms with Gasteiger partial charge < -0.3 is 5.32 Å². The Hall–Kier alpha value is -3.17. The molecule has 0 saturated heterocycles. The smallest absolute Gasteiger partial charge is 0.243 e. The summed E-state index contributed by atoms with van der Waals surface area (Å²) in [4.78, 5) is 16.8. The molecule has 1 atom stereocenters. The number of hydrogen-bond acceptors (Lipinski definition) is 4. The average Bonchev–Trinajstić information content (AvgIpc) is 2.91. The van der Waals surface area contributed by atoms with E-state index in [4.69, 9.17) is 0 Å². The van der Waals surface area contributed by atoms with Gasteiger partial charge in [0.2, 0.25) is 15.9 Å². The first-order valence-electron chi connectivity index (χ1n) is 12.5. The quantitative estimate of drug-likeness (QED) is 0.404. The number of amides is 1. The van der Waals surface area contributed by atoms with Crippen LogP contribution in [-0.2, 0) is 21.2 Å². The van der Waals surface area contributed by atoms with Crippen molar-refractivity contribution in [2.45, 2.75) is 42.9 Å². The maximum absolute atomic E-state index is 13.9. The Bertz CT molecular complexity index is 1280. The van der Waals surface area contributed by atoms with E-state index in [1.165, 1.54) is 30.3 Å². The van der Waals surface area contributed by atoms with E-state index in [2.05, 4.69) is 15.0 Å². The molecule has 1 unspecified atom stereocenters. The highest BCUT2D eigenvalue weighted by Gasteiger charge is 2.28. The number of carbonyl (C=O) groups excluding carboxylic acids is 1. The summed E-state index contributed by atoms with van der Waals surface area (Å²) < 4.78 is 54.7. The van der Waals surface area contributed by atoms with Crippen LogP contribution in [0.5, 0.6) is 0 Å². The minimum absolute atomic E-state index is 0.0244. The highest BCUT2D eigenvalue weighted by molar-refractivity contribution is 7.89. The largest absolute Gasteiger partial charge is 0.355 e. The van der Waals surface area contributed by atoms with Crippen LogP contribution in [0.3, 0.4) is 0 Å². The van der Waals surface area contributed by atoms with Crippen LogP contribution in [0.4, 0.5) is 8.78 Å². The van der Waals surface area contributed by atoms with Crippen LogP contribution < -0.4 is 10.0 Å². The number of pyridine rings is 1. The van der Waals surface area contributed by atoms with E-state index in [-0.39, 0.29) is 40.9 Å². The lowest BCUT2D eigenvalue weighted by Gasteiger charge is -2.28. The molecule has 0 spiro atoms. The molecule has 1 aromatic heterocycles. The molecule has 4 rings (SSSR count). The molecule has 9 heteroatoms. The summed E-state index contributed by atoms with van der Waals surface area (Å²) in [5.41, 5.74) is 1.97. The summed E-state index contributed by atoms with van der Waals surface area (Å²) in [6.45, 7) is 0.629. The van der Waals surface area contributed by atoms with Crippen LogP contribution in [0.25, 0.3) is 0 Å². The molecule has 3 aromatic rings. The van der Waals surface area contributed by atoms with Crippen molar-refractivity contribution in [3.05, 3.63) is 95.8 Å². The standard InChI is InChI=1S/C28H31F2N3O3S/c29-25-13-11-22(12-14-25)24(16-21-4-3-15-31-17-21)19-32-28(34)23-9-7-20(8-10-23)18-33-37(35,36)27-6-2-1-5-26(27)30/h1-6,11-15,17,20,23-24,33H,7-10,16,18-19H2,(H,32,34). The minimum Gasteiger partial charge on any atom is -0.355 e. The number of rotatable bonds is 10. The zero-order valence-corrected chi connectivity index (χ0v) is 21.3. The second-order valence-corrected chi connectivity index (χ2v) is 11.3. The molecular weight excluding hydrogens is 496 g/mol. The van der Waals surface area contributed by atoms with Gasteiger partial charge in [-0.15, -0.1) is 0 Å². The van der Waals surface area contributed by atoms with Gasteiger partial charge >= 0.3 is 0 Å². The SMILES string of the molecule is O=C(NCC(Cc1cccnc1)c1ccc(F)cc1)C1CCC(CNS(=O)(=O)c2ccccc2F)CC1. The monoisotopic (exact) mass is 527 g/mol. The molecule has 0 radical (unpaired) electrons. The molecule has 0 bridgehead atoms. The molecular formula is C28H31F2N3O3S. The van der Waals surface area contributed by atoms with E-state index < -0.39 is 15.8 Å². The van der Waals surface area contributed by atoms with Gasteiger partial charge in [-0.25, -0.2) is 21.9 Å². The average molecular weight is 528 g/mol. The molecule has 2 N–H and O–H groups in total. The van der Waals surface area contributed by atoms with Gasteiger partial charge in [0.25, 0.3) is 0 Å². The third-order valence-corrected chi connectivity index (χ3v) is 8.43. The van der Waals surface area contributed by atoms with Crippen LogP contribution in [0, 0.1) is 23.5 Å². The Balaban J connectivity index is 1.28. The van der Waals surface area contributed by atoms with E-state index in [1.54, 1.807) is 24.5 Å². The van der Waals surface area contributed by atoms with Crippen LogP contribution in [0.15, 0.2) is 78.0 Å². The Morgan fingerprint density at radius 3 is 2.38 bits per heavy atom. The first-order chi connectivity index (χ1) is 17.8. The minimum atomic E-state index is -3.93. The first-order valence-corrected chi connectivity index (χ1v) is 14.0. The van der Waals surface area contributed by atoms with Gasteiger partial charge in [-0.2, -0.15) is 0 Å². The molecule has 2 aromatic carbocycles. The lowest BCUT2D eigenvalue weighted by atomic mass is 9.81. The van der Waals surface area contributed by atoms with E-state index in [0.29, 0.717) is 38.6 Å². The molecule has 1 saturated carbocycles. The predicted molar refractivity (Wildman–Crippen MR) is 137 cm³/mol. The normalized spacial score (nSPS) is 18.8. The fourth-order valence-corrected chi connectivity index (χ4v) is 6.00. The highest BCUT2D eigenvalue weighted by atomic mass is 32.2.